The second-order valence-electron chi connectivity index (χ2n) is 7.35. The molecule has 0 amide bonds. The lowest BCUT2D eigenvalue weighted by Crippen LogP contribution is -2.40. The third-order valence-electron chi connectivity index (χ3n) is 5.33. The summed E-state index contributed by atoms with van der Waals surface area (Å²) < 4.78 is 16.1. The quantitative estimate of drug-likeness (QED) is 0.686. The van der Waals surface area contributed by atoms with Gasteiger partial charge >= 0.3 is 0 Å². The third-order valence-corrected chi connectivity index (χ3v) is 5.94. The van der Waals surface area contributed by atoms with Gasteiger partial charge in [-0.2, -0.15) is 0 Å². The van der Waals surface area contributed by atoms with E-state index in [1.54, 1.807) is 10.6 Å². The van der Waals surface area contributed by atoms with E-state index in [9.17, 15) is 9.18 Å². The molecule has 0 N–H and O–H groups in total. The van der Waals surface area contributed by atoms with Crippen molar-refractivity contribution in [3.05, 3.63) is 38.6 Å². The van der Waals surface area contributed by atoms with Gasteiger partial charge in [-0.15, -0.1) is 0 Å². The van der Waals surface area contributed by atoms with E-state index >= 15 is 0 Å². The summed E-state index contributed by atoms with van der Waals surface area (Å²) in [6.45, 7) is 9.03. The highest BCUT2D eigenvalue weighted by Crippen LogP contribution is 2.30. The maximum absolute atomic E-state index is 14.0. The van der Waals surface area contributed by atoms with E-state index in [1.807, 2.05) is 6.92 Å². The summed E-state index contributed by atoms with van der Waals surface area (Å²) in [5.74, 6) is 1.05. The fourth-order valence-corrected chi connectivity index (χ4v) is 4.39. The number of halogens is 2. The second kappa shape index (κ2) is 8.17. The lowest BCUT2D eigenvalue weighted by atomic mass is 9.97. The lowest BCUT2D eigenvalue weighted by molar-refractivity contribution is 0.115. The molecule has 0 bridgehead atoms. The Hall–Kier alpha value is -1.27. The van der Waals surface area contributed by atoms with Crippen LogP contribution < -0.4 is 5.56 Å². The molecule has 1 saturated heterocycles. The fraction of sp³-hybridized carbons (Fsp3) is 0.600. The summed E-state index contributed by atoms with van der Waals surface area (Å²) in [6, 6.07) is 3.02. The molecular formula is C20H27BrFN3O. The van der Waals surface area contributed by atoms with Crippen LogP contribution in [0.2, 0.25) is 0 Å². The highest BCUT2D eigenvalue weighted by atomic mass is 79.9. The molecule has 1 aromatic heterocycles. The van der Waals surface area contributed by atoms with Gasteiger partial charge in [-0.3, -0.25) is 14.3 Å². The number of hydrogen-bond acceptors (Lipinski definition) is 3. The number of nitrogens with zero attached hydrogens (tertiary/aromatic N) is 3. The molecule has 0 spiro atoms. The molecule has 0 aliphatic carbocycles. The molecule has 3 rings (SSSR count). The van der Waals surface area contributed by atoms with Gasteiger partial charge in [-0.05, 0) is 60.6 Å². The van der Waals surface area contributed by atoms with Crippen molar-refractivity contribution in [3.8, 4) is 0 Å². The molecule has 142 valence electrons. The van der Waals surface area contributed by atoms with E-state index in [4.69, 9.17) is 4.98 Å². The van der Waals surface area contributed by atoms with Gasteiger partial charge in [-0.1, -0.05) is 20.3 Å². The van der Waals surface area contributed by atoms with Crippen molar-refractivity contribution in [2.75, 3.05) is 13.1 Å². The van der Waals surface area contributed by atoms with Gasteiger partial charge in [0.05, 0.1) is 21.4 Å². The van der Waals surface area contributed by atoms with E-state index < -0.39 is 0 Å². The molecule has 2 heterocycles. The average molecular weight is 424 g/mol. The van der Waals surface area contributed by atoms with Crippen molar-refractivity contribution >= 4 is 26.8 Å². The topological polar surface area (TPSA) is 38.1 Å². The van der Waals surface area contributed by atoms with Crippen LogP contribution in [0.5, 0.6) is 0 Å². The van der Waals surface area contributed by atoms with Crippen LogP contribution in [0.25, 0.3) is 10.9 Å². The van der Waals surface area contributed by atoms with Crippen LogP contribution in [0.3, 0.4) is 0 Å². The Morgan fingerprint density at radius 1 is 1.38 bits per heavy atom. The third kappa shape index (κ3) is 3.72. The van der Waals surface area contributed by atoms with Crippen molar-refractivity contribution < 1.29 is 4.39 Å². The van der Waals surface area contributed by atoms with Crippen LogP contribution in [0, 0.1) is 11.7 Å². The van der Waals surface area contributed by atoms with Gasteiger partial charge < -0.3 is 0 Å². The molecule has 4 nitrogen and oxygen atoms in total. The van der Waals surface area contributed by atoms with Crippen LogP contribution >= 0.6 is 15.9 Å². The van der Waals surface area contributed by atoms with E-state index in [-0.39, 0.29) is 17.4 Å². The number of rotatable bonds is 5. The van der Waals surface area contributed by atoms with Crippen molar-refractivity contribution in [2.24, 2.45) is 5.92 Å². The predicted octanol–water partition coefficient (Wildman–Crippen LogP) is 4.89. The summed E-state index contributed by atoms with van der Waals surface area (Å²) in [5.41, 5.74) is 0.362. The van der Waals surface area contributed by atoms with Crippen molar-refractivity contribution in [1.29, 1.82) is 0 Å². The van der Waals surface area contributed by atoms with Crippen molar-refractivity contribution in [3.63, 3.8) is 0 Å². The Bertz CT molecular complexity index is 851. The number of fused-ring (bicyclic) bond motifs is 1. The highest BCUT2D eigenvalue weighted by Gasteiger charge is 2.28. The van der Waals surface area contributed by atoms with Gasteiger partial charge in [0.15, 0.2) is 0 Å². The first kappa shape index (κ1) is 19.5. The molecule has 0 saturated carbocycles. The molecule has 0 unspecified atom stereocenters. The number of piperidine rings is 1. The lowest BCUT2D eigenvalue weighted by Gasteiger charge is -2.37. The normalized spacial score (nSPS) is 19.8. The first-order valence-corrected chi connectivity index (χ1v) is 10.4. The van der Waals surface area contributed by atoms with Gasteiger partial charge in [0.2, 0.25) is 0 Å². The SMILES string of the molecule is CCC[C@H](c1nc2cc(F)c(Br)cc2c(=O)n1CC)N1CCC[C@@H](C)C1. The first-order chi connectivity index (χ1) is 12.5. The van der Waals surface area contributed by atoms with E-state index in [2.05, 4.69) is 34.7 Å². The van der Waals surface area contributed by atoms with Crippen LogP contribution in [0.1, 0.15) is 58.3 Å². The van der Waals surface area contributed by atoms with Gasteiger partial charge in [-0.25, -0.2) is 9.37 Å². The Labute approximate surface area is 162 Å². The second-order valence-corrected chi connectivity index (χ2v) is 8.20. The van der Waals surface area contributed by atoms with Crippen LogP contribution in [-0.2, 0) is 6.54 Å². The van der Waals surface area contributed by atoms with E-state index in [0.717, 1.165) is 31.8 Å². The monoisotopic (exact) mass is 423 g/mol. The molecule has 0 radical (unpaired) electrons. The molecule has 2 atom stereocenters. The first-order valence-electron chi connectivity index (χ1n) is 9.59. The number of benzene rings is 1. The summed E-state index contributed by atoms with van der Waals surface area (Å²) in [4.78, 5) is 20.3. The number of likely N-dealkylation sites (tertiary alicyclic amines) is 1. The van der Waals surface area contributed by atoms with Crippen molar-refractivity contribution in [2.45, 2.75) is 59.0 Å². The van der Waals surface area contributed by atoms with Gasteiger partial charge in [0.25, 0.3) is 5.56 Å². The Kier molecular flexibility index (Phi) is 6.13. The minimum absolute atomic E-state index is 0.0839. The van der Waals surface area contributed by atoms with Crippen molar-refractivity contribution in [1.82, 2.24) is 14.5 Å². The Balaban J connectivity index is 2.16. The molecule has 2 aromatic rings. The summed E-state index contributed by atoms with van der Waals surface area (Å²) in [7, 11) is 0. The molecular weight excluding hydrogens is 397 g/mol. The Morgan fingerprint density at radius 3 is 2.81 bits per heavy atom. The van der Waals surface area contributed by atoms with Gasteiger partial charge in [0, 0.05) is 19.2 Å². The van der Waals surface area contributed by atoms with Crippen LogP contribution in [-0.4, -0.2) is 27.5 Å². The van der Waals surface area contributed by atoms with Crippen LogP contribution in [0.15, 0.2) is 21.4 Å². The van der Waals surface area contributed by atoms with E-state index in [1.165, 1.54) is 18.9 Å². The minimum Gasteiger partial charge on any atom is -0.295 e. The maximum Gasteiger partial charge on any atom is 0.261 e. The molecule has 1 aliphatic heterocycles. The maximum atomic E-state index is 14.0. The summed E-state index contributed by atoms with van der Waals surface area (Å²) in [5, 5.41) is 0.464. The fourth-order valence-electron chi connectivity index (χ4n) is 4.05. The average Bonchev–Trinajstić information content (AvgIpc) is 2.61. The largest absolute Gasteiger partial charge is 0.295 e. The molecule has 1 fully saturated rings. The number of aromatic nitrogens is 2. The van der Waals surface area contributed by atoms with Crippen LogP contribution in [0.4, 0.5) is 4.39 Å². The molecule has 26 heavy (non-hydrogen) atoms. The summed E-state index contributed by atoms with van der Waals surface area (Å²) >= 11 is 3.18. The standard InChI is InChI=1S/C20H27BrFN3O/c1-4-7-18(24-9-6-8-13(3)12-24)19-23-17-11-16(22)15(21)10-14(17)20(26)25(19)5-2/h10-11,13,18H,4-9,12H2,1-3H3/t13-,18-/m1/s1. The van der Waals surface area contributed by atoms with E-state index in [0.29, 0.717) is 27.8 Å². The summed E-state index contributed by atoms with van der Waals surface area (Å²) in [6.07, 6.45) is 4.39. The zero-order valence-corrected chi connectivity index (χ0v) is 17.4. The molecule has 6 heteroatoms. The molecule has 1 aliphatic rings. The Morgan fingerprint density at radius 2 is 2.15 bits per heavy atom. The predicted molar refractivity (Wildman–Crippen MR) is 107 cm³/mol. The minimum atomic E-state index is -0.386. The smallest absolute Gasteiger partial charge is 0.261 e. The zero-order chi connectivity index (χ0) is 18.8. The van der Waals surface area contributed by atoms with Gasteiger partial charge in [0.1, 0.15) is 11.6 Å². The number of hydrogen-bond donors (Lipinski definition) is 0. The molecule has 1 aromatic carbocycles. The zero-order valence-electron chi connectivity index (χ0n) is 15.8. The highest BCUT2D eigenvalue weighted by molar-refractivity contribution is 9.10.